The van der Waals surface area contributed by atoms with Crippen molar-refractivity contribution in [3.63, 3.8) is 0 Å². The van der Waals surface area contributed by atoms with Gasteiger partial charge in [0, 0.05) is 31.5 Å². The Hall–Kier alpha value is -1.40. The van der Waals surface area contributed by atoms with Crippen LogP contribution < -0.4 is 5.32 Å². The highest BCUT2D eigenvalue weighted by atomic mass is 16.5. The fraction of sp³-hybridized carbons (Fsp3) is 0.714. The third kappa shape index (κ3) is 2.86. The van der Waals surface area contributed by atoms with Gasteiger partial charge < -0.3 is 14.6 Å². The van der Waals surface area contributed by atoms with Crippen molar-refractivity contribution in [3.05, 3.63) is 18.2 Å². The average molecular weight is 280 g/mol. The molecule has 112 valence electrons. The molecule has 2 atom stereocenters. The molecule has 1 N–H and O–H groups in total. The van der Waals surface area contributed by atoms with Crippen molar-refractivity contribution in [2.75, 3.05) is 20.7 Å². The first-order valence-corrected chi connectivity index (χ1v) is 7.01. The molecule has 2 unspecified atom stereocenters. The van der Waals surface area contributed by atoms with Gasteiger partial charge in [0.2, 0.25) is 0 Å². The molecule has 0 aliphatic carbocycles. The number of fused-ring (bicyclic) bond motifs is 1. The second-order valence-electron chi connectivity index (χ2n) is 5.63. The smallest absolute Gasteiger partial charge is 0.325 e. The number of rotatable bonds is 5. The number of hydrogen-bond donors (Lipinski definition) is 1. The molecule has 20 heavy (non-hydrogen) atoms. The van der Waals surface area contributed by atoms with Gasteiger partial charge in [-0.15, -0.1) is 0 Å². The number of hydrogen-bond acceptors (Lipinski definition) is 5. The van der Waals surface area contributed by atoms with Gasteiger partial charge in [0.1, 0.15) is 11.4 Å². The summed E-state index contributed by atoms with van der Waals surface area (Å²) in [5.41, 5.74) is -0.652. The summed E-state index contributed by atoms with van der Waals surface area (Å²) >= 11 is 0. The molecule has 0 saturated carbocycles. The molecule has 1 aromatic heterocycles. The lowest BCUT2D eigenvalue weighted by molar-refractivity contribution is -0.148. The second kappa shape index (κ2) is 5.93. The quantitative estimate of drug-likeness (QED) is 0.802. The summed E-state index contributed by atoms with van der Waals surface area (Å²) in [4.78, 5) is 18.7. The fourth-order valence-corrected chi connectivity index (χ4v) is 2.80. The number of nitrogens with one attached hydrogen (secondary N) is 1. The van der Waals surface area contributed by atoms with Gasteiger partial charge in [0.15, 0.2) is 0 Å². The number of imidazole rings is 1. The van der Waals surface area contributed by atoms with Crippen LogP contribution in [-0.2, 0) is 22.6 Å². The predicted molar refractivity (Wildman–Crippen MR) is 76.2 cm³/mol. The summed E-state index contributed by atoms with van der Waals surface area (Å²) < 4.78 is 7.08. The van der Waals surface area contributed by atoms with E-state index < -0.39 is 5.54 Å². The van der Waals surface area contributed by atoms with E-state index in [2.05, 4.69) is 26.7 Å². The maximum absolute atomic E-state index is 11.9. The maximum Gasteiger partial charge on any atom is 0.325 e. The Labute approximate surface area is 120 Å². The Morgan fingerprint density at radius 1 is 1.60 bits per heavy atom. The van der Waals surface area contributed by atoms with Crippen molar-refractivity contribution in [2.24, 2.45) is 0 Å². The number of carbonyl (C=O) groups excluding carboxylic acids is 1. The molecule has 0 radical (unpaired) electrons. The largest absolute Gasteiger partial charge is 0.468 e. The summed E-state index contributed by atoms with van der Waals surface area (Å²) in [5.74, 6) is 0.873. The first kappa shape index (κ1) is 15.0. The number of likely N-dealkylation sites (N-methyl/N-ethyl adjacent to an activating group) is 1. The minimum Gasteiger partial charge on any atom is -0.468 e. The van der Waals surface area contributed by atoms with Crippen molar-refractivity contribution < 1.29 is 9.53 Å². The van der Waals surface area contributed by atoms with E-state index in [0.29, 0.717) is 6.42 Å². The monoisotopic (exact) mass is 280 g/mol. The molecular weight excluding hydrogens is 256 g/mol. The highest BCUT2D eigenvalue weighted by molar-refractivity contribution is 5.80. The molecule has 0 bridgehead atoms. The van der Waals surface area contributed by atoms with Crippen molar-refractivity contribution >= 4 is 5.97 Å². The Kier molecular flexibility index (Phi) is 4.45. The van der Waals surface area contributed by atoms with Crippen LogP contribution in [0.1, 0.15) is 26.1 Å². The van der Waals surface area contributed by atoms with E-state index in [-0.39, 0.29) is 12.0 Å². The van der Waals surface area contributed by atoms with Crippen molar-refractivity contribution in [3.8, 4) is 0 Å². The number of methoxy groups -OCH3 is 1. The number of ether oxygens (including phenoxy) is 1. The van der Waals surface area contributed by atoms with Gasteiger partial charge in [0.05, 0.1) is 13.7 Å². The van der Waals surface area contributed by atoms with E-state index >= 15 is 0 Å². The molecule has 2 heterocycles. The Morgan fingerprint density at radius 2 is 2.35 bits per heavy atom. The number of nitrogens with zero attached hydrogens (tertiary/aromatic N) is 3. The lowest BCUT2D eigenvalue weighted by atomic mass is 9.93. The first-order chi connectivity index (χ1) is 9.50. The van der Waals surface area contributed by atoms with Crippen LogP contribution in [0, 0.1) is 0 Å². The van der Waals surface area contributed by atoms with Crippen LogP contribution in [0.25, 0.3) is 0 Å². The van der Waals surface area contributed by atoms with E-state index in [1.54, 1.807) is 7.05 Å². The maximum atomic E-state index is 11.9. The Bertz CT molecular complexity index is 473. The summed E-state index contributed by atoms with van der Waals surface area (Å²) in [6, 6.07) is 0.275. The standard InChI is InChI=1S/C14H24N4O2/c1-11(9-14(2,15-3)13(19)20-4)18-8-7-17-6-5-16-12(17)10-18/h5-6,11,15H,7-10H2,1-4H3. The van der Waals surface area contributed by atoms with Gasteiger partial charge in [-0.05, 0) is 27.3 Å². The van der Waals surface area contributed by atoms with Crippen molar-refractivity contribution in [1.29, 1.82) is 0 Å². The van der Waals surface area contributed by atoms with Crippen LogP contribution in [0.2, 0.25) is 0 Å². The van der Waals surface area contributed by atoms with Gasteiger partial charge in [-0.2, -0.15) is 0 Å². The molecule has 1 aromatic rings. The summed E-state index contributed by atoms with van der Waals surface area (Å²) in [6.07, 6.45) is 4.57. The van der Waals surface area contributed by atoms with Gasteiger partial charge in [0.25, 0.3) is 0 Å². The number of esters is 1. The number of aromatic nitrogens is 2. The molecule has 1 aliphatic heterocycles. The molecule has 0 fully saturated rings. The van der Waals surface area contributed by atoms with Crippen LogP contribution in [0.3, 0.4) is 0 Å². The summed E-state index contributed by atoms with van der Waals surface area (Å²) in [6.45, 7) is 6.80. The molecule has 6 nitrogen and oxygen atoms in total. The SMILES string of the molecule is CNC(C)(CC(C)N1CCn2ccnc2C1)C(=O)OC. The third-order valence-electron chi connectivity index (χ3n) is 4.29. The zero-order valence-electron chi connectivity index (χ0n) is 12.7. The van der Waals surface area contributed by atoms with Crippen molar-refractivity contribution in [1.82, 2.24) is 19.8 Å². The van der Waals surface area contributed by atoms with Crippen LogP contribution in [0.5, 0.6) is 0 Å². The lowest BCUT2D eigenvalue weighted by Gasteiger charge is -2.37. The topological polar surface area (TPSA) is 59.4 Å². The lowest BCUT2D eigenvalue weighted by Crippen LogP contribution is -2.53. The van der Waals surface area contributed by atoms with Gasteiger partial charge in [-0.3, -0.25) is 9.69 Å². The Balaban J connectivity index is 2.02. The molecule has 0 saturated heterocycles. The van der Waals surface area contributed by atoms with Gasteiger partial charge in [-0.1, -0.05) is 0 Å². The fourth-order valence-electron chi connectivity index (χ4n) is 2.80. The summed E-state index contributed by atoms with van der Waals surface area (Å²) in [5, 5.41) is 3.09. The average Bonchev–Trinajstić information content (AvgIpc) is 2.93. The zero-order chi connectivity index (χ0) is 14.8. The summed E-state index contributed by atoms with van der Waals surface area (Å²) in [7, 11) is 3.23. The van der Waals surface area contributed by atoms with Crippen molar-refractivity contribution in [2.45, 2.75) is 44.9 Å². The highest BCUT2D eigenvalue weighted by Gasteiger charge is 2.36. The molecule has 6 heteroatoms. The second-order valence-corrected chi connectivity index (χ2v) is 5.63. The van der Waals surface area contributed by atoms with Crippen LogP contribution in [0.4, 0.5) is 0 Å². The molecule has 2 rings (SSSR count). The van der Waals surface area contributed by atoms with E-state index in [1.807, 2.05) is 19.3 Å². The zero-order valence-corrected chi connectivity index (χ0v) is 12.7. The minimum atomic E-state index is -0.652. The van der Waals surface area contributed by atoms with Gasteiger partial charge in [-0.25, -0.2) is 4.98 Å². The van der Waals surface area contributed by atoms with Crippen LogP contribution >= 0.6 is 0 Å². The molecule has 0 amide bonds. The molecule has 0 aromatic carbocycles. The number of carbonyl (C=O) groups is 1. The minimum absolute atomic E-state index is 0.217. The van der Waals surface area contributed by atoms with E-state index in [0.717, 1.165) is 25.5 Å². The Morgan fingerprint density at radius 3 is 3.00 bits per heavy atom. The first-order valence-electron chi connectivity index (χ1n) is 7.01. The van der Waals surface area contributed by atoms with Crippen LogP contribution in [-0.4, -0.2) is 52.7 Å². The third-order valence-corrected chi connectivity index (χ3v) is 4.29. The van der Waals surface area contributed by atoms with Crippen LogP contribution in [0.15, 0.2) is 12.4 Å². The molecule has 1 aliphatic rings. The highest BCUT2D eigenvalue weighted by Crippen LogP contribution is 2.21. The van der Waals surface area contributed by atoms with Gasteiger partial charge >= 0.3 is 5.97 Å². The molecule has 0 spiro atoms. The molecular formula is C14H24N4O2. The van der Waals surface area contributed by atoms with E-state index in [1.165, 1.54) is 7.11 Å². The van der Waals surface area contributed by atoms with E-state index in [9.17, 15) is 4.79 Å². The predicted octanol–water partition coefficient (Wildman–Crippen LogP) is 0.628. The normalized spacial score (nSPS) is 20.0. The van der Waals surface area contributed by atoms with E-state index in [4.69, 9.17) is 4.74 Å².